The number of carboxylic acids is 1. The van der Waals surface area contributed by atoms with Crippen LogP contribution in [0.5, 0.6) is 0 Å². The summed E-state index contributed by atoms with van der Waals surface area (Å²) in [4.78, 5) is 13.1. The minimum Gasteiger partial charge on any atom is -0.481 e. The summed E-state index contributed by atoms with van der Waals surface area (Å²) in [6.07, 6.45) is 0.884. The van der Waals surface area contributed by atoms with Crippen LogP contribution in [0.2, 0.25) is 0 Å². The number of aliphatic carboxylic acids is 1. The Kier molecular flexibility index (Phi) is 4.82. The third-order valence-electron chi connectivity index (χ3n) is 3.45. The molecule has 1 unspecified atom stereocenters. The van der Waals surface area contributed by atoms with Gasteiger partial charge in [-0.2, -0.15) is 0 Å². The van der Waals surface area contributed by atoms with E-state index in [1.54, 1.807) is 0 Å². The van der Waals surface area contributed by atoms with E-state index in [-0.39, 0.29) is 12.5 Å². The smallest absolute Gasteiger partial charge is 0.303 e. The number of carboxylic acid groups (broad SMARTS) is 1. The third kappa shape index (κ3) is 3.70. The highest BCUT2D eigenvalue weighted by Gasteiger charge is 2.24. The summed E-state index contributed by atoms with van der Waals surface area (Å²) >= 11 is 3.61. The largest absolute Gasteiger partial charge is 0.481 e. The fraction of sp³-hybridized carbons (Fsp3) is 0.500. The van der Waals surface area contributed by atoms with Crippen molar-refractivity contribution in [3.63, 3.8) is 0 Å². The quantitative estimate of drug-likeness (QED) is 0.892. The third-order valence-corrected chi connectivity index (χ3v) is 4.09. The lowest BCUT2D eigenvalue weighted by Crippen LogP contribution is -2.51. The van der Waals surface area contributed by atoms with Crippen LogP contribution in [0.4, 0.5) is 5.69 Å². The minimum atomic E-state index is -0.728. The van der Waals surface area contributed by atoms with Crippen LogP contribution in [0.25, 0.3) is 0 Å². The monoisotopic (exact) mass is 326 g/mol. The number of hydrogen-bond acceptors (Lipinski definition) is 3. The van der Waals surface area contributed by atoms with Gasteiger partial charge in [-0.25, -0.2) is 0 Å². The molecule has 1 heterocycles. The molecule has 104 valence electrons. The van der Waals surface area contributed by atoms with E-state index in [2.05, 4.69) is 51.3 Å². The molecule has 0 amide bonds. The molecule has 1 saturated heterocycles. The first-order chi connectivity index (χ1) is 9.08. The molecule has 0 aliphatic carbocycles. The molecule has 5 heteroatoms. The van der Waals surface area contributed by atoms with Crippen molar-refractivity contribution in [2.24, 2.45) is 0 Å². The molecule has 1 aromatic rings. The maximum Gasteiger partial charge on any atom is 0.303 e. The van der Waals surface area contributed by atoms with Crippen LogP contribution in [0, 0.1) is 6.92 Å². The number of nitrogens with zero attached hydrogens (tertiary/aromatic N) is 1. The fourth-order valence-electron chi connectivity index (χ4n) is 2.47. The van der Waals surface area contributed by atoms with Crippen molar-refractivity contribution < 1.29 is 9.90 Å². The van der Waals surface area contributed by atoms with Crippen molar-refractivity contribution in [2.75, 3.05) is 24.5 Å². The van der Waals surface area contributed by atoms with Gasteiger partial charge >= 0.3 is 5.97 Å². The fourth-order valence-corrected chi connectivity index (χ4v) is 3.19. The second-order valence-corrected chi connectivity index (χ2v) is 5.79. The SMILES string of the molecule is Cc1ccc(N2CCNCC2CCC(=O)O)c(Br)c1. The summed E-state index contributed by atoms with van der Waals surface area (Å²) < 4.78 is 1.08. The first kappa shape index (κ1) is 14.3. The second-order valence-electron chi connectivity index (χ2n) is 4.94. The molecule has 1 aliphatic rings. The predicted octanol–water partition coefficient (Wildman–Crippen LogP) is 2.40. The number of halogens is 1. The van der Waals surface area contributed by atoms with Crippen molar-refractivity contribution >= 4 is 27.6 Å². The summed E-state index contributed by atoms with van der Waals surface area (Å²) in [7, 11) is 0. The zero-order valence-electron chi connectivity index (χ0n) is 11.0. The lowest BCUT2D eigenvalue weighted by Gasteiger charge is -2.38. The van der Waals surface area contributed by atoms with Gasteiger partial charge in [0.05, 0.1) is 5.69 Å². The van der Waals surface area contributed by atoms with E-state index in [9.17, 15) is 4.79 Å². The van der Waals surface area contributed by atoms with Crippen molar-refractivity contribution in [3.8, 4) is 0 Å². The maximum absolute atomic E-state index is 10.7. The van der Waals surface area contributed by atoms with E-state index in [1.807, 2.05) is 0 Å². The molecule has 0 bridgehead atoms. The Labute approximate surface area is 121 Å². The summed E-state index contributed by atoms with van der Waals surface area (Å²) in [5, 5.41) is 12.2. The molecule has 1 aromatic carbocycles. The number of carbonyl (C=O) groups is 1. The second kappa shape index (κ2) is 6.39. The highest BCUT2D eigenvalue weighted by molar-refractivity contribution is 9.10. The topological polar surface area (TPSA) is 52.6 Å². The lowest BCUT2D eigenvalue weighted by molar-refractivity contribution is -0.137. The first-order valence-electron chi connectivity index (χ1n) is 6.53. The standard InChI is InChI=1S/C14H19BrN2O2/c1-10-2-4-13(12(15)8-10)17-7-6-16-9-11(17)3-5-14(18)19/h2,4,8,11,16H,3,5-7,9H2,1H3,(H,18,19). The van der Waals surface area contributed by atoms with Crippen LogP contribution in [0.3, 0.4) is 0 Å². The normalized spacial score (nSPS) is 19.5. The highest BCUT2D eigenvalue weighted by Crippen LogP contribution is 2.30. The van der Waals surface area contributed by atoms with Gasteiger partial charge in [0.15, 0.2) is 0 Å². The van der Waals surface area contributed by atoms with Crippen LogP contribution in [0.15, 0.2) is 22.7 Å². The molecular weight excluding hydrogens is 308 g/mol. The predicted molar refractivity (Wildman–Crippen MR) is 79.8 cm³/mol. The van der Waals surface area contributed by atoms with Crippen LogP contribution in [0.1, 0.15) is 18.4 Å². The lowest BCUT2D eigenvalue weighted by atomic mass is 10.1. The summed E-state index contributed by atoms with van der Waals surface area (Å²) in [5.41, 5.74) is 2.37. The van der Waals surface area contributed by atoms with Crippen LogP contribution in [-0.2, 0) is 4.79 Å². The number of aryl methyl sites for hydroxylation is 1. The highest BCUT2D eigenvalue weighted by atomic mass is 79.9. The number of piperazine rings is 1. The molecule has 0 spiro atoms. The molecule has 0 saturated carbocycles. The molecule has 1 fully saturated rings. The van der Waals surface area contributed by atoms with E-state index in [1.165, 1.54) is 5.56 Å². The van der Waals surface area contributed by atoms with Gasteiger partial charge in [-0.1, -0.05) is 6.07 Å². The number of rotatable bonds is 4. The minimum absolute atomic E-state index is 0.215. The molecule has 2 rings (SSSR count). The number of benzene rings is 1. The van der Waals surface area contributed by atoms with Gasteiger partial charge in [0, 0.05) is 36.6 Å². The van der Waals surface area contributed by atoms with Crippen LogP contribution in [-0.4, -0.2) is 36.8 Å². The number of anilines is 1. The molecule has 19 heavy (non-hydrogen) atoms. The van der Waals surface area contributed by atoms with E-state index >= 15 is 0 Å². The average Bonchev–Trinajstić information content (AvgIpc) is 2.37. The number of hydrogen-bond donors (Lipinski definition) is 2. The average molecular weight is 327 g/mol. The van der Waals surface area contributed by atoms with Gasteiger partial charge < -0.3 is 15.3 Å². The Morgan fingerprint density at radius 1 is 1.58 bits per heavy atom. The van der Waals surface area contributed by atoms with Gasteiger partial charge in [0.25, 0.3) is 0 Å². The Balaban J connectivity index is 2.16. The Morgan fingerprint density at radius 3 is 3.05 bits per heavy atom. The Bertz CT molecular complexity index is 465. The van der Waals surface area contributed by atoms with Gasteiger partial charge in [0.1, 0.15) is 0 Å². The summed E-state index contributed by atoms with van der Waals surface area (Å²) in [6.45, 7) is 4.75. The van der Waals surface area contributed by atoms with E-state index in [4.69, 9.17) is 5.11 Å². The van der Waals surface area contributed by atoms with Crippen molar-refractivity contribution in [1.29, 1.82) is 0 Å². The molecule has 0 aromatic heterocycles. The zero-order valence-corrected chi connectivity index (χ0v) is 12.6. The molecular formula is C14H19BrN2O2. The van der Waals surface area contributed by atoms with E-state index in [0.29, 0.717) is 6.42 Å². The molecule has 4 nitrogen and oxygen atoms in total. The molecule has 1 atom stereocenters. The van der Waals surface area contributed by atoms with Crippen LogP contribution < -0.4 is 10.2 Å². The van der Waals surface area contributed by atoms with Gasteiger partial charge in [-0.3, -0.25) is 4.79 Å². The van der Waals surface area contributed by atoms with Gasteiger partial charge in [-0.15, -0.1) is 0 Å². The van der Waals surface area contributed by atoms with E-state index in [0.717, 1.165) is 29.8 Å². The van der Waals surface area contributed by atoms with Gasteiger partial charge in [-0.05, 0) is 47.0 Å². The zero-order chi connectivity index (χ0) is 13.8. The molecule has 2 N–H and O–H groups in total. The van der Waals surface area contributed by atoms with Crippen molar-refractivity contribution in [3.05, 3.63) is 28.2 Å². The van der Waals surface area contributed by atoms with Crippen molar-refractivity contribution in [2.45, 2.75) is 25.8 Å². The maximum atomic E-state index is 10.7. The summed E-state index contributed by atoms with van der Waals surface area (Å²) in [6, 6.07) is 6.55. The molecule has 0 radical (unpaired) electrons. The van der Waals surface area contributed by atoms with E-state index < -0.39 is 5.97 Å². The van der Waals surface area contributed by atoms with Gasteiger partial charge in [0.2, 0.25) is 0 Å². The van der Waals surface area contributed by atoms with Crippen molar-refractivity contribution in [1.82, 2.24) is 5.32 Å². The summed E-state index contributed by atoms with van der Waals surface area (Å²) in [5.74, 6) is -0.728. The Morgan fingerprint density at radius 2 is 2.37 bits per heavy atom. The first-order valence-corrected chi connectivity index (χ1v) is 7.32. The number of nitrogens with one attached hydrogen (secondary N) is 1. The Hall–Kier alpha value is -1.07. The molecule has 1 aliphatic heterocycles. The van der Waals surface area contributed by atoms with Crippen LogP contribution >= 0.6 is 15.9 Å².